The van der Waals surface area contributed by atoms with Gasteiger partial charge in [0.15, 0.2) is 10.9 Å². The zero-order chi connectivity index (χ0) is 26.3. The summed E-state index contributed by atoms with van der Waals surface area (Å²) in [5.74, 6) is -0.387. The van der Waals surface area contributed by atoms with Crippen molar-refractivity contribution >= 4 is 49.7 Å². The summed E-state index contributed by atoms with van der Waals surface area (Å²) in [4.78, 5) is 33.8. The molecule has 2 aromatic heterocycles. The normalized spacial score (nSPS) is 15.9. The predicted molar refractivity (Wildman–Crippen MR) is 149 cm³/mol. The van der Waals surface area contributed by atoms with Crippen LogP contribution in [-0.4, -0.2) is 28.4 Å². The van der Waals surface area contributed by atoms with Crippen LogP contribution in [0.25, 0.3) is 10.2 Å². The Morgan fingerprint density at radius 1 is 1.16 bits per heavy atom. The molecule has 0 bridgehead atoms. The van der Waals surface area contributed by atoms with Crippen LogP contribution in [0.3, 0.4) is 0 Å². The highest BCUT2D eigenvalue weighted by Crippen LogP contribution is 2.45. The van der Waals surface area contributed by atoms with Crippen molar-refractivity contribution < 1.29 is 19.4 Å². The van der Waals surface area contributed by atoms with E-state index < -0.39 is 17.7 Å². The van der Waals surface area contributed by atoms with Crippen LogP contribution >= 0.6 is 22.7 Å². The van der Waals surface area contributed by atoms with E-state index in [2.05, 4.69) is 19.9 Å². The highest BCUT2D eigenvalue weighted by atomic mass is 32.1. The minimum atomic E-state index is -0.835. The van der Waals surface area contributed by atoms with E-state index in [9.17, 15) is 14.7 Å². The Bertz CT molecular complexity index is 1520. The zero-order valence-corrected chi connectivity index (χ0v) is 22.8. The predicted octanol–water partition coefficient (Wildman–Crippen LogP) is 7.18. The summed E-state index contributed by atoms with van der Waals surface area (Å²) >= 11 is 2.65. The first-order valence-electron chi connectivity index (χ1n) is 12.2. The molecule has 5 rings (SSSR count). The van der Waals surface area contributed by atoms with Crippen LogP contribution in [0.4, 0.5) is 5.13 Å². The molecule has 190 valence electrons. The number of carbonyl (C=O) groups is 2. The largest absolute Gasteiger partial charge is 0.503 e. The molecule has 2 aromatic carbocycles. The van der Waals surface area contributed by atoms with Gasteiger partial charge in [-0.2, -0.15) is 0 Å². The van der Waals surface area contributed by atoms with E-state index in [1.165, 1.54) is 27.6 Å². The SMILES string of the molecule is Cc1cc(C)c2nc(N3C(=O)C(O)=C(C(=O)c4cccs4)C3c3cccc(OCCC(C)C)c3)sc2c1. The van der Waals surface area contributed by atoms with E-state index >= 15 is 0 Å². The Balaban J connectivity index is 1.62. The highest BCUT2D eigenvalue weighted by Gasteiger charge is 2.46. The average molecular weight is 533 g/mol. The van der Waals surface area contributed by atoms with E-state index in [0.29, 0.717) is 33.8 Å². The Morgan fingerprint density at radius 2 is 1.97 bits per heavy atom. The number of ether oxygens (including phenoxy) is 1. The fourth-order valence-electron chi connectivity index (χ4n) is 4.54. The van der Waals surface area contributed by atoms with E-state index in [1.54, 1.807) is 17.5 Å². The first-order valence-corrected chi connectivity index (χ1v) is 13.9. The van der Waals surface area contributed by atoms with E-state index in [1.807, 2.05) is 44.2 Å². The molecular formula is C29H28N2O4S2. The fraction of sp³-hybridized carbons (Fsp3) is 0.276. The van der Waals surface area contributed by atoms with Crippen LogP contribution in [0.2, 0.25) is 0 Å². The number of carbonyl (C=O) groups excluding carboxylic acids is 2. The number of fused-ring (bicyclic) bond motifs is 1. The first kappa shape index (κ1) is 25.2. The summed E-state index contributed by atoms with van der Waals surface area (Å²) in [7, 11) is 0. The van der Waals surface area contributed by atoms with Crippen molar-refractivity contribution in [2.75, 3.05) is 11.5 Å². The van der Waals surface area contributed by atoms with Crippen LogP contribution in [0.15, 0.2) is 65.2 Å². The molecule has 1 N–H and O–H groups in total. The molecule has 6 nitrogen and oxygen atoms in total. The third-order valence-electron chi connectivity index (χ3n) is 6.36. The Morgan fingerprint density at radius 3 is 2.70 bits per heavy atom. The van der Waals surface area contributed by atoms with E-state index in [0.717, 1.165) is 27.8 Å². The van der Waals surface area contributed by atoms with Crippen LogP contribution in [0.5, 0.6) is 5.75 Å². The van der Waals surface area contributed by atoms with Crippen molar-refractivity contribution in [1.82, 2.24) is 4.98 Å². The Kier molecular flexibility index (Phi) is 6.88. The molecule has 0 aliphatic carbocycles. The monoisotopic (exact) mass is 532 g/mol. The summed E-state index contributed by atoms with van der Waals surface area (Å²) in [5, 5.41) is 13.3. The van der Waals surface area contributed by atoms with Crippen molar-refractivity contribution in [1.29, 1.82) is 0 Å². The summed E-state index contributed by atoms with van der Waals surface area (Å²) in [6.07, 6.45) is 0.908. The topological polar surface area (TPSA) is 79.7 Å². The summed E-state index contributed by atoms with van der Waals surface area (Å²) in [6.45, 7) is 8.85. The van der Waals surface area contributed by atoms with Gasteiger partial charge >= 0.3 is 0 Å². The second-order valence-electron chi connectivity index (χ2n) is 9.67. The highest BCUT2D eigenvalue weighted by molar-refractivity contribution is 7.22. The van der Waals surface area contributed by atoms with Crippen molar-refractivity contribution in [3.63, 3.8) is 0 Å². The molecule has 4 aromatic rings. The lowest BCUT2D eigenvalue weighted by Gasteiger charge is -2.24. The van der Waals surface area contributed by atoms with Gasteiger partial charge in [-0.3, -0.25) is 14.5 Å². The molecule has 37 heavy (non-hydrogen) atoms. The summed E-state index contributed by atoms with van der Waals surface area (Å²) in [5.41, 5.74) is 3.64. The molecule has 0 spiro atoms. The van der Waals surface area contributed by atoms with E-state index in [4.69, 9.17) is 9.72 Å². The van der Waals surface area contributed by atoms with Gasteiger partial charge in [-0.25, -0.2) is 4.98 Å². The number of aliphatic hydroxyl groups is 1. The van der Waals surface area contributed by atoms with Gasteiger partial charge in [0, 0.05) is 0 Å². The first-order chi connectivity index (χ1) is 17.7. The number of rotatable bonds is 8. The molecule has 1 atom stereocenters. The number of nitrogens with zero attached hydrogens (tertiary/aromatic N) is 2. The number of hydrogen-bond donors (Lipinski definition) is 1. The number of thiophene rings is 1. The number of ketones is 1. The van der Waals surface area contributed by atoms with Gasteiger partial charge in [0.05, 0.1) is 33.3 Å². The molecule has 3 heterocycles. The van der Waals surface area contributed by atoms with Gasteiger partial charge in [-0.15, -0.1) is 11.3 Å². The molecule has 0 saturated carbocycles. The van der Waals surface area contributed by atoms with Crippen molar-refractivity contribution in [3.05, 3.63) is 86.8 Å². The smallest absolute Gasteiger partial charge is 0.296 e. The molecular weight excluding hydrogens is 504 g/mol. The van der Waals surface area contributed by atoms with E-state index in [-0.39, 0.29) is 11.4 Å². The molecule has 1 amide bonds. The number of hydrogen-bond acceptors (Lipinski definition) is 7. The minimum absolute atomic E-state index is 0.0546. The standard InChI is InChI=1S/C29H28N2O4S2/c1-16(2)10-11-35-20-8-5-7-19(15-20)25-23(26(32)21-9-6-12-36-21)27(33)28(34)31(25)29-30-24-18(4)13-17(3)14-22(24)37-29/h5-9,12-16,25,33H,10-11H2,1-4H3. The Hall–Kier alpha value is -3.49. The Labute approximate surface area is 223 Å². The van der Waals surface area contributed by atoms with Gasteiger partial charge in [-0.1, -0.05) is 49.4 Å². The molecule has 1 aliphatic heterocycles. The molecule has 0 fully saturated rings. The van der Waals surface area contributed by atoms with Crippen molar-refractivity contribution in [3.8, 4) is 5.75 Å². The lowest BCUT2D eigenvalue weighted by Crippen LogP contribution is -2.31. The number of benzene rings is 2. The van der Waals surface area contributed by atoms with Crippen molar-refractivity contribution in [2.24, 2.45) is 5.92 Å². The maximum atomic E-state index is 13.6. The lowest BCUT2D eigenvalue weighted by molar-refractivity contribution is -0.117. The molecule has 0 radical (unpaired) electrons. The lowest BCUT2D eigenvalue weighted by atomic mass is 9.95. The van der Waals surface area contributed by atoms with Crippen LogP contribution in [0.1, 0.15) is 52.7 Å². The molecule has 0 saturated heterocycles. The number of aromatic nitrogens is 1. The summed E-state index contributed by atoms with van der Waals surface area (Å²) < 4.78 is 6.93. The molecule has 8 heteroatoms. The van der Waals surface area contributed by atoms with Crippen LogP contribution in [0, 0.1) is 19.8 Å². The number of thiazole rings is 1. The third-order valence-corrected chi connectivity index (χ3v) is 8.23. The number of aryl methyl sites for hydroxylation is 2. The maximum Gasteiger partial charge on any atom is 0.296 e. The molecule has 1 unspecified atom stereocenters. The summed E-state index contributed by atoms with van der Waals surface area (Å²) in [6, 6.07) is 14.1. The zero-order valence-electron chi connectivity index (χ0n) is 21.1. The maximum absolute atomic E-state index is 13.6. The van der Waals surface area contributed by atoms with Crippen LogP contribution in [-0.2, 0) is 4.79 Å². The third kappa shape index (κ3) is 4.79. The number of anilines is 1. The number of Topliss-reactive ketones (excluding diaryl/α,β-unsaturated/α-hetero) is 1. The minimum Gasteiger partial charge on any atom is -0.503 e. The van der Waals surface area contributed by atoms with Gasteiger partial charge in [0.1, 0.15) is 5.75 Å². The van der Waals surface area contributed by atoms with Gasteiger partial charge in [0.2, 0.25) is 5.78 Å². The molecule has 1 aliphatic rings. The average Bonchev–Trinajstić information content (AvgIpc) is 3.58. The number of aliphatic hydroxyl groups excluding tert-OH is 1. The van der Waals surface area contributed by atoms with Gasteiger partial charge < -0.3 is 9.84 Å². The van der Waals surface area contributed by atoms with Gasteiger partial charge in [0.25, 0.3) is 5.91 Å². The second-order valence-corrected chi connectivity index (χ2v) is 11.6. The van der Waals surface area contributed by atoms with Gasteiger partial charge in [-0.05, 0) is 72.5 Å². The second kappa shape index (κ2) is 10.1. The quantitative estimate of drug-likeness (QED) is 0.243. The fourth-order valence-corrected chi connectivity index (χ4v) is 6.39. The van der Waals surface area contributed by atoms with Crippen LogP contribution < -0.4 is 9.64 Å². The number of amides is 1. The van der Waals surface area contributed by atoms with Crippen molar-refractivity contribution in [2.45, 2.75) is 40.2 Å².